The van der Waals surface area contributed by atoms with Crippen molar-refractivity contribution in [2.75, 3.05) is 9.80 Å². The number of amides is 3. The van der Waals surface area contributed by atoms with Crippen LogP contribution in [0.25, 0.3) is 89.7 Å². The molecule has 0 bridgehead atoms. The molecule has 1 atom stereocenters. The molecule has 9 aromatic rings. The second-order valence-electron chi connectivity index (χ2n) is 20.9. The molecule has 360 valence electrons. The van der Waals surface area contributed by atoms with Crippen molar-refractivity contribution in [3.63, 3.8) is 0 Å². The summed E-state index contributed by atoms with van der Waals surface area (Å²) in [5.74, 6) is 0.0732. The first-order chi connectivity index (χ1) is 34.8. The molecule has 0 spiro atoms. The van der Waals surface area contributed by atoms with Gasteiger partial charge in [-0.25, -0.2) is 14.9 Å². The lowest BCUT2D eigenvalue weighted by Gasteiger charge is -2.33. The van der Waals surface area contributed by atoms with E-state index in [4.69, 9.17) is 29.3 Å². The van der Waals surface area contributed by atoms with E-state index in [2.05, 4.69) is 17.1 Å². The Balaban J connectivity index is 0.927. The molecule has 3 amide bonds. The second kappa shape index (κ2) is 16.6. The number of carbonyl (C=O) groups is 3. The Morgan fingerprint density at radius 2 is 0.959 bits per heavy atom. The maximum Gasteiger partial charge on any atom is 0.243 e. The number of hydrogen-bond acceptors (Lipinski definition) is 12. The molecule has 73 heavy (non-hydrogen) atoms. The average molecular weight is 964 g/mol. The van der Waals surface area contributed by atoms with E-state index in [0.717, 1.165) is 43.5 Å². The number of aliphatic hydroxyl groups excluding tert-OH is 1. The van der Waals surface area contributed by atoms with Crippen LogP contribution in [0.4, 0.5) is 11.9 Å². The van der Waals surface area contributed by atoms with Gasteiger partial charge in [0.1, 0.15) is 17.4 Å². The Hall–Kier alpha value is -8.80. The van der Waals surface area contributed by atoms with E-state index in [1.165, 1.54) is 4.90 Å². The number of rotatable bonds is 8. The van der Waals surface area contributed by atoms with Crippen LogP contribution >= 0.6 is 0 Å². The quantitative estimate of drug-likeness (QED) is 0.142. The van der Waals surface area contributed by atoms with Gasteiger partial charge in [0.25, 0.3) is 0 Å². The summed E-state index contributed by atoms with van der Waals surface area (Å²) < 4.78 is 6.21. The Morgan fingerprint density at radius 1 is 0.493 bits per heavy atom. The third-order valence-electron chi connectivity index (χ3n) is 15.7. The molecule has 2 fully saturated rings. The lowest BCUT2D eigenvalue weighted by Crippen LogP contribution is -2.39. The largest absolute Gasteiger partial charge is 0.456 e. The number of fused-ring (bicyclic) bond motifs is 3. The third kappa shape index (κ3) is 7.29. The minimum atomic E-state index is -1.20. The summed E-state index contributed by atoms with van der Waals surface area (Å²) in [6.07, 6.45) is -1.20. The van der Waals surface area contributed by atoms with Crippen molar-refractivity contribution in [3.8, 4) is 73.9 Å². The molecular formula is C59H49N9O5. The zero-order valence-electron chi connectivity index (χ0n) is 41.5. The molecule has 1 unspecified atom stereocenters. The monoisotopic (exact) mass is 963 g/mol. The molecule has 5 heterocycles. The second-order valence-corrected chi connectivity index (χ2v) is 20.9. The number of para-hydroxylation sites is 1. The van der Waals surface area contributed by atoms with Crippen LogP contribution in [-0.2, 0) is 14.4 Å². The molecule has 0 saturated carbocycles. The van der Waals surface area contributed by atoms with E-state index in [1.54, 1.807) is 52.0 Å². The maximum atomic E-state index is 14.1. The smallest absolute Gasteiger partial charge is 0.243 e. The number of nitriles is 1. The van der Waals surface area contributed by atoms with Crippen molar-refractivity contribution in [3.05, 3.63) is 145 Å². The topological polar surface area (TPSA) is 192 Å². The van der Waals surface area contributed by atoms with Crippen molar-refractivity contribution in [2.45, 2.75) is 61.6 Å². The van der Waals surface area contributed by atoms with E-state index >= 15 is 0 Å². The van der Waals surface area contributed by atoms with Gasteiger partial charge in [-0.1, -0.05) is 125 Å². The molecular weight excluding hydrogens is 915 g/mol. The molecule has 2 aliphatic heterocycles. The number of imide groups is 1. The Bertz CT molecular complexity index is 3770. The van der Waals surface area contributed by atoms with Crippen LogP contribution in [0.3, 0.4) is 0 Å². The number of benzene rings is 6. The molecule has 0 aliphatic carbocycles. The molecule has 6 aromatic carbocycles. The van der Waals surface area contributed by atoms with E-state index in [9.17, 15) is 24.8 Å². The van der Waals surface area contributed by atoms with Gasteiger partial charge in [-0.2, -0.15) is 25.2 Å². The van der Waals surface area contributed by atoms with Crippen LogP contribution in [0.1, 0.15) is 61.0 Å². The van der Waals surface area contributed by atoms with Crippen molar-refractivity contribution < 1.29 is 23.9 Å². The van der Waals surface area contributed by atoms with Crippen LogP contribution in [0.5, 0.6) is 0 Å². The first kappa shape index (κ1) is 46.6. The molecule has 11 rings (SSSR count). The summed E-state index contributed by atoms with van der Waals surface area (Å²) in [4.78, 5) is 73.0. The molecule has 3 aromatic heterocycles. The molecule has 14 heteroatoms. The zero-order valence-corrected chi connectivity index (χ0v) is 41.5. The Morgan fingerprint density at radius 3 is 1.49 bits per heavy atom. The summed E-state index contributed by atoms with van der Waals surface area (Å²) in [6, 6.07) is 46.1. The van der Waals surface area contributed by atoms with Crippen LogP contribution in [0.2, 0.25) is 0 Å². The van der Waals surface area contributed by atoms with Gasteiger partial charge < -0.3 is 9.52 Å². The number of aromatic nitrogens is 6. The normalized spacial score (nSPS) is 17.7. The third-order valence-corrected chi connectivity index (χ3v) is 15.7. The van der Waals surface area contributed by atoms with Gasteiger partial charge in [-0.05, 0) is 92.4 Å². The molecule has 1 N–H and O–H groups in total. The predicted molar refractivity (Wildman–Crippen MR) is 279 cm³/mol. The van der Waals surface area contributed by atoms with Crippen molar-refractivity contribution >= 4 is 51.6 Å². The number of carbonyl (C=O) groups excluding carboxylic acids is 3. The highest BCUT2D eigenvalue weighted by Crippen LogP contribution is 2.51. The molecule has 14 nitrogen and oxygen atoms in total. The number of hydrogen-bond donors (Lipinski definition) is 1. The number of nitrogens with zero attached hydrogens (tertiary/aromatic N) is 9. The molecule has 0 radical (unpaired) electrons. The lowest BCUT2D eigenvalue weighted by molar-refractivity contribution is -0.129. The fraction of sp³-hybridized carbons (Fsp3) is 0.220. The van der Waals surface area contributed by atoms with Crippen LogP contribution in [-0.4, -0.2) is 59.0 Å². The van der Waals surface area contributed by atoms with E-state index < -0.39 is 39.7 Å². The number of anilines is 2. The SMILES string of the molecule is CC1(C)C(=O)N(c2nc(-c3ccc(C#N)cc3)nc(-c3ccc(-c4cccc(-c5ccc(-c6nc(-c7cccc8oc9ccccc9c78)nc(N7C(=O)C(C)(C)C(C)(C)C7O)n6)cc5)c4)cc3)n2)C(=O)C1(C)C. The zero-order chi connectivity index (χ0) is 51.4. The standard InChI is InChI=1S/C59H49N9O5/c1-56(2)50(69)67(51(70)57(56,3)4)54-63-46(36-21-19-33(32-60)20-22-36)61-47(64-54)37-27-23-34(24-28-37)39-13-11-14-40(31-39)35-25-29-38(30-26-35)48-62-49(42-16-12-18-44-45(42)41-15-9-10-17-43(41)73-44)66-55(65-48)68-52(71)58(5,6)59(7,8)53(68)72/h9-31,52,71H,1-8H3. The number of aliphatic hydroxyl groups is 1. The summed E-state index contributed by atoms with van der Waals surface area (Å²) in [6.45, 7) is 14.4. The summed E-state index contributed by atoms with van der Waals surface area (Å²) >= 11 is 0. The summed E-state index contributed by atoms with van der Waals surface area (Å²) in [5, 5.41) is 22.9. The first-order valence-corrected chi connectivity index (χ1v) is 24.0. The van der Waals surface area contributed by atoms with Gasteiger partial charge in [-0.3, -0.25) is 19.3 Å². The number of furan rings is 1. The van der Waals surface area contributed by atoms with Crippen molar-refractivity contribution in [2.24, 2.45) is 21.7 Å². The van der Waals surface area contributed by atoms with Gasteiger partial charge in [0.05, 0.1) is 27.9 Å². The van der Waals surface area contributed by atoms with Gasteiger partial charge in [0.2, 0.25) is 29.6 Å². The van der Waals surface area contributed by atoms with Crippen molar-refractivity contribution in [1.82, 2.24) is 29.9 Å². The van der Waals surface area contributed by atoms with Gasteiger partial charge in [-0.15, -0.1) is 0 Å². The maximum absolute atomic E-state index is 14.1. The average Bonchev–Trinajstić information content (AvgIpc) is 3.88. The Labute approximate surface area is 421 Å². The fourth-order valence-corrected chi connectivity index (χ4v) is 9.50. The van der Waals surface area contributed by atoms with E-state index in [0.29, 0.717) is 45.0 Å². The van der Waals surface area contributed by atoms with Crippen molar-refractivity contribution in [1.29, 1.82) is 5.26 Å². The molecule has 2 saturated heterocycles. The Kier molecular flexibility index (Phi) is 10.6. The van der Waals surface area contributed by atoms with Gasteiger partial charge in [0, 0.05) is 38.4 Å². The van der Waals surface area contributed by atoms with Crippen LogP contribution in [0.15, 0.2) is 144 Å². The summed E-state index contributed by atoms with van der Waals surface area (Å²) in [7, 11) is 0. The summed E-state index contributed by atoms with van der Waals surface area (Å²) in [5.41, 5.74) is 4.49. The van der Waals surface area contributed by atoms with Gasteiger partial charge >= 0.3 is 0 Å². The van der Waals surface area contributed by atoms with E-state index in [1.807, 2.05) is 137 Å². The highest BCUT2D eigenvalue weighted by Gasteiger charge is 2.61. The fourth-order valence-electron chi connectivity index (χ4n) is 9.50. The minimum Gasteiger partial charge on any atom is -0.456 e. The van der Waals surface area contributed by atoms with Crippen LogP contribution < -0.4 is 9.80 Å². The first-order valence-electron chi connectivity index (χ1n) is 24.0. The van der Waals surface area contributed by atoms with Gasteiger partial charge in [0.15, 0.2) is 23.3 Å². The minimum absolute atomic E-state index is 0.0521. The lowest BCUT2D eigenvalue weighted by atomic mass is 9.69. The highest BCUT2D eigenvalue weighted by molar-refractivity contribution is 6.24. The van der Waals surface area contributed by atoms with E-state index in [-0.39, 0.29) is 29.5 Å². The molecule has 2 aliphatic rings. The predicted octanol–water partition coefficient (Wildman–Crippen LogP) is 11.5. The van der Waals surface area contributed by atoms with Crippen LogP contribution in [0, 0.1) is 33.0 Å². The highest BCUT2D eigenvalue weighted by atomic mass is 16.3.